The number of carbonyl (C=O) groups is 3. The van der Waals surface area contributed by atoms with Crippen molar-refractivity contribution >= 4 is 17.9 Å². The number of ether oxygens (including phenoxy) is 3. The molecule has 6 nitrogen and oxygen atoms in total. The van der Waals surface area contributed by atoms with Crippen molar-refractivity contribution in [3.8, 4) is 0 Å². The Morgan fingerprint density at radius 1 is 0.312 bits per heavy atom. The van der Waals surface area contributed by atoms with E-state index in [4.69, 9.17) is 14.2 Å². The maximum Gasteiger partial charge on any atom is 0.306 e. The highest BCUT2D eigenvalue weighted by Crippen LogP contribution is 2.14. The van der Waals surface area contributed by atoms with Crippen LogP contribution < -0.4 is 0 Å². The molecule has 1 unspecified atom stereocenters. The van der Waals surface area contributed by atoms with Gasteiger partial charge in [0.1, 0.15) is 13.2 Å². The van der Waals surface area contributed by atoms with Crippen LogP contribution in [0.5, 0.6) is 0 Å². The van der Waals surface area contributed by atoms with E-state index in [1.54, 1.807) is 0 Å². The molecule has 0 spiro atoms. The van der Waals surface area contributed by atoms with Gasteiger partial charge in [-0.05, 0) is 96.3 Å². The lowest BCUT2D eigenvalue weighted by Gasteiger charge is -2.18. The Labute approximate surface area is 396 Å². The summed E-state index contributed by atoms with van der Waals surface area (Å²) in [6.07, 6.45) is 64.9. The molecule has 0 N–H and O–H groups in total. The summed E-state index contributed by atoms with van der Waals surface area (Å²) in [7, 11) is 0. The summed E-state index contributed by atoms with van der Waals surface area (Å²) in [5.41, 5.74) is 0. The molecule has 64 heavy (non-hydrogen) atoms. The summed E-state index contributed by atoms with van der Waals surface area (Å²) in [6, 6.07) is 0. The van der Waals surface area contributed by atoms with Crippen LogP contribution in [0.25, 0.3) is 0 Å². The third-order valence-electron chi connectivity index (χ3n) is 11.8. The second-order valence-electron chi connectivity index (χ2n) is 18.2. The molecule has 0 aliphatic heterocycles. The van der Waals surface area contributed by atoms with Gasteiger partial charge in [0.05, 0.1) is 0 Å². The fourth-order valence-corrected chi connectivity index (χ4v) is 7.61. The summed E-state index contributed by atoms with van der Waals surface area (Å²) in [4.78, 5) is 38.0. The highest BCUT2D eigenvalue weighted by Gasteiger charge is 2.19. The molecule has 0 fully saturated rings. The van der Waals surface area contributed by atoms with E-state index in [-0.39, 0.29) is 31.1 Å². The van der Waals surface area contributed by atoms with Gasteiger partial charge in [0.15, 0.2) is 6.10 Å². The van der Waals surface area contributed by atoms with E-state index in [1.165, 1.54) is 135 Å². The van der Waals surface area contributed by atoms with Crippen LogP contribution in [0.3, 0.4) is 0 Å². The smallest absolute Gasteiger partial charge is 0.306 e. The van der Waals surface area contributed by atoms with Crippen LogP contribution in [-0.4, -0.2) is 37.2 Å². The van der Waals surface area contributed by atoms with Crippen LogP contribution >= 0.6 is 0 Å². The Morgan fingerprint density at radius 2 is 0.578 bits per heavy atom. The predicted octanol–water partition coefficient (Wildman–Crippen LogP) is 18.0. The first-order valence-electron chi connectivity index (χ1n) is 27.3. The molecule has 0 aromatic rings. The number of rotatable bonds is 49. The molecular weight excluding hydrogens is 793 g/mol. The summed E-state index contributed by atoms with van der Waals surface area (Å²) in [5, 5.41) is 0. The monoisotopic (exact) mass is 895 g/mol. The van der Waals surface area contributed by atoms with Crippen LogP contribution in [0.15, 0.2) is 60.8 Å². The molecule has 0 saturated carbocycles. The van der Waals surface area contributed by atoms with Crippen molar-refractivity contribution in [2.75, 3.05) is 13.2 Å². The lowest BCUT2D eigenvalue weighted by Crippen LogP contribution is -2.30. The molecule has 0 heterocycles. The molecule has 0 saturated heterocycles. The number of esters is 3. The Bertz CT molecular complexity index is 1170. The van der Waals surface area contributed by atoms with Crippen molar-refractivity contribution in [1.82, 2.24) is 0 Å². The first-order chi connectivity index (χ1) is 31.5. The molecule has 0 bridgehead atoms. The van der Waals surface area contributed by atoms with Gasteiger partial charge in [-0.1, -0.05) is 216 Å². The van der Waals surface area contributed by atoms with E-state index < -0.39 is 6.10 Å². The lowest BCUT2D eigenvalue weighted by atomic mass is 10.1. The van der Waals surface area contributed by atoms with Gasteiger partial charge >= 0.3 is 17.9 Å². The first kappa shape index (κ1) is 61.1. The van der Waals surface area contributed by atoms with Crippen LogP contribution in [0.2, 0.25) is 0 Å². The van der Waals surface area contributed by atoms with Crippen molar-refractivity contribution in [2.45, 2.75) is 277 Å². The molecule has 6 heteroatoms. The Morgan fingerprint density at radius 3 is 0.938 bits per heavy atom. The number of unbranched alkanes of at least 4 members (excludes halogenated alkanes) is 30. The molecule has 0 aromatic heterocycles. The van der Waals surface area contributed by atoms with Crippen LogP contribution in [0.4, 0.5) is 0 Å². The molecule has 370 valence electrons. The van der Waals surface area contributed by atoms with E-state index in [2.05, 4.69) is 81.5 Å². The normalized spacial score (nSPS) is 12.5. The van der Waals surface area contributed by atoms with Gasteiger partial charge in [0, 0.05) is 19.3 Å². The third-order valence-corrected chi connectivity index (χ3v) is 11.8. The van der Waals surface area contributed by atoms with Gasteiger partial charge in [-0.2, -0.15) is 0 Å². The van der Waals surface area contributed by atoms with Crippen molar-refractivity contribution < 1.29 is 28.6 Å². The number of hydrogen-bond acceptors (Lipinski definition) is 6. The molecular formula is C58H102O6. The minimum absolute atomic E-state index is 0.0882. The van der Waals surface area contributed by atoms with Crippen LogP contribution in [0, 0.1) is 0 Å². The minimum Gasteiger partial charge on any atom is -0.462 e. The molecule has 0 rings (SSSR count). The van der Waals surface area contributed by atoms with Crippen molar-refractivity contribution in [3.63, 3.8) is 0 Å². The topological polar surface area (TPSA) is 78.9 Å². The summed E-state index contributed by atoms with van der Waals surface area (Å²) in [6.45, 7) is 6.58. The molecule has 1 atom stereocenters. The number of hydrogen-bond donors (Lipinski definition) is 0. The summed E-state index contributed by atoms with van der Waals surface area (Å²) in [5.74, 6) is -0.919. The Balaban J connectivity index is 4.42. The number of carbonyl (C=O) groups excluding carboxylic acids is 3. The van der Waals surface area contributed by atoms with Crippen molar-refractivity contribution in [1.29, 1.82) is 0 Å². The van der Waals surface area contributed by atoms with Crippen LogP contribution in [-0.2, 0) is 28.6 Å². The maximum atomic E-state index is 12.8. The molecule has 0 aromatic carbocycles. The van der Waals surface area contributed by atoms with Gasteiger partial charge in [0.2, 0.25) is 0 Å². The third kappa shape index (κ3) is 50.1. The van der Waals surface area contributed by atoms with E-state index in [0.717, 1.165) is 96.3 Å². The predicted molar refractivity (Wildman–Crippen MR) is 275 cm³/mol. The SMILES string of the molecule is CCCCC/C=C\CCCCCCCC(=O)OCC(COC(=O)CCCCCCC\C=C/C=C\C=C/CCCCCCC)OC(=O)CCCCCCC/C=C\CCCCCCCCC. The maximum absolute atomic E-state index is 12.8. The summed E-state index contributed by atoms with van der Waals surface area (Å²) < 4.78 is 16.8. The van der Waals surface area contributed by atoms with Gasteiger partial charge in [-0.25, -0.2) is 0 Å². The molecule has 0 aliphatic carbocycles. The van der Waals surface area contributed by atoms with Gasteiger partial charge in [-0.3, -0.25) is 14.4 Å². The molecule has 0 radical (unpaired) electrons. The second kappa shape index (κ2) is 52.7. The largest absolute Gasteiger partial charge is 0.462 e. The highest BCUT2D eigenvalue weighted by molar-refractivity contribution is 5.71. The van der Waals surface area contributed by atoms with Gasteiger partial charge < -0.3 is 14.2 Å². The quantitative estimate of drug-likeness (QED) is 0.0199. The van der Waals surface area contributed by atoms with E-state index in [1.807, 2.05) is 0 Å². The first-order valence-corrected chi connectivity index (χ1v) is 27.3. The van der Waals surface area contributed by atoms with E-state index in [0.29, 0.717) is 19.3 Å². The van der Waals surface area contributed by atoms with Crippen molar-refractivity contribution in [3.05, 3.63) is 60.8 Å². The van der Waals surface area contributed by atoms with Crippen LogP contribution in [0.1, 0.15) is 271 Å². The second-order valence-corrected chi connectivity index (χ2v) is 18.2. The zero-order valence-electron chi connectivity index (χ0n) is 42.3. The zero-order chi connectivity index (χ0) is 46.5. The number of allylic oxidation sites excluding steroid dienone is 10. The Hall–Kier alpha value is -2.89. The molecule has 0 aliphatic rings. The standard InChI is InChI=1S/C58H102O6/c1-4-7-10-13-16-19-22-25-27-29-30-32-33-36-39-42-45-48-51-57(60)63-54-55(53-62-56(59)50-47-44-41-38-35-24-21-18-15-12-9-6-3)64-58(61)52-49-46-43-40-37-34-31-28-26-23-20-17-14-11-8-5-2/h18,21-22,25,27-32,55H,4-17,19-20,23-24,26,33-54H2,1-3H3/b21-18-,25-22-,29-27-,31-28-,32-30-. The zero-order valence-corrected chi connectivity index (χ0v) is 42.3. The van der Waals surface area contributed by atoms with E-state index in [9.17, 15) is 14.4 Å². The summed E-state index contributed by atoms with van der Waals surface area (Å²) >= 11 is 0. The highest BCUT2D eigenvalue weighted by atomic mass is 16.6. The average molecular weight is 895 g/mol. The van der Waals surface area contributed by atoms with Crippen molar-refractivity contribution in [2.24, 2.45) is 0 Å². The van der Waals surface area contributed by atoms with Gasteiger partial charge in [-0.15, -0.1) is 0 Å². The van der Waals surface area contributed by atoms with Gasteiger partial charge in [0.25, 0.3) is 0 Å². The molecule has 0 amide bonds. The fraction of sp³-hybridized carbons (Fsp3) is 0.776. The minimum atomic E-state index is -0.789. The average Bonchev–Trinajstić information content (AvgIpc) is 3.29. The fourth-order valence-electron chi connectivity index (χ4n) is 7.61. The lowest BCUT2D eigenvalue weighted by molar-refractivity contribution is -0.167. The Kier molecular flexibility index (Phi) is 50.4. The van der Waals surface area contributed by atoms with E-state index >= 15 is 0 Å².